The fourth-order valence-electron chi connectivity index (χ4n) is 1.96. The van der Waals surface area contributed by atoms with Gasteiger partial charge in [-0.1, -0.05) is 30.3 Å². The van der Waals surface area contributed by atoms with Crippen LogP contribution in [0.1, 0.15) is 19.4 Å². The molecule has 1 aromatic carbocycles. The predicted molar refractivity (Wildman–Crippen MR) is 76.4 cm³/mol. The summed E-state index contributed by atoms with van der Waals surface area (Å²) >= 11 is 0. The Morgan fingerprint density at radius 3 is 2.40 bits per heavy atom. The molecule has 0 amide bonds. The fraction of sp³-hybridized carbons (Fsp3) is 0.625. The second kappa shape index (κ2) is 7.74. The van der Waals surface area contributed by atoms with Crippen LogP contribution in [0.15, 0.2) is 30.3 Å². The van der Waals surface area contributed by atoms with Gasteiger partial charge in [0.15, 0.2) is 5.79 Å². The molecule has 112 valence electrons. The van der Waals surface area contributed by atoms with Gasteiger partial charge in [0.05, 0.1) is 39.6 Å². The van der Waals surface area contributed by atoms with Crippen molar-refractivity contribution in [3.63, 3.8) is 0 Å². The van der Waals surface area contributed by atoms with E-state index in [2.05, 4.69) is 12.1 Å². The molecule has 1 fully saturated rings. The molecule has 0 aliphatic carbocycles. The topological polar surface area (TPSA) is 36.9 Å². The Morgan fingerprint density at radius 2 is 1.70 bits per heavy atom. The highest BCUT2D eigenvalue weighted by Crippen LogP contribution is 2.20. The molecule has 4 heteroatoms. The van der Waals surface area contributed by atoms with Crippen LogP contribution in [0.25, 0.3) is 0 Å². The third-order valence-corrected chi connectivity index (χ3v) is 3.17. The summed E-state index contributed by atoms with van der Waals surface area (Å²) in [5.74, 6) is -0.132. The number of rotatable bonds is 7. The Hall–Kier alpha value is -0.940. The minimum Gasteiger partial charge on any atom is -0.379 e. The molecule has 4 nitrogen and oxygen atoms in total. The molecule has 0 spiro atoms. The van der Waals surface area contributed by atoms with Crippen molar-refractivity contribution >= 4 is 0 Å². The van der Waals surface area contributed by atoms with Gasteiger partial charge in [-0.25, -0.2) is 0 Å². The monoisotopic (exact) mass is 280 g/mol. The van der Waals surface area contributed by atoms with Crippen LogP contribution < -0.4 is 0 Å². The number of hydrogen-bond acceptors (Lipinski definition) is 4. The standard InChI is InChI=1S/C16H24O4/c1-16(2)19-12-15(13-20-16)11-18-9-8-17-10-14-6-4-3-5-7-14/h3-7,15H,8-13H2,1-2H3. The maximum atomic E-state index is 5.59. The van der Waals surface area contributed by atoms with Gasteiger partial charge in [0.1, 0.15) is 0 Å². The Kier molecular flexibility index (Phi) is 5.98. The first-order valence-corrected chi connectivity index (χ1v) is 7.13. The molecule has 2 rings (SSSR count). The van der Waals surface area contributed by atoms with Crippen LogP contribution in [0.2, 0.25) is 0 Å². The van der Waals surface area contributed by atoms with E-state index in [9.17, 15) is 0 Å². The van der Waals surface area contributed by atoms with Crippen molar-refractivity contribution in [3.05, 3.63) is 35.9 Å². The van der Waals surface area contributed by atoms with Crippen molar-refractivity contribution in [1.82, 2.24) is 0 Å². The van der Waals surface area contributed by atoms with Gasteiger partial charge in [-0.15, -0.1) is 0 Å². The van der Waals surface area contributed by atoms with Gasteiger partial charge >= 0.3 is 0 Å². The van der Waals surface area contributed by atoms with Gasteiger partial charge in [-0.05, 0) is 19.4 Å². The maximum absolute atomic E-state index is 5.59. The summed E-state index contributed by atoms with van der Waals surface area (Å²) < 4.78 is 22.3. The summed E-state index contributed by atoms with van der Waals surface area (Å²) in [4.78, 5) is 0. The molecule has 0 saturated carbocycles. The largest absolute Gasteiger partial charge is 0.379 e. The second-order valence-corrected chi connectivity index (χ2v) is 5.50. The summed E-state index contributed by atoms with van der Waals surface area (Å²) in [6.45, 7) is 7.75. The summed E-state index contributed by atoms with van der Waals surface area (Å²) in [6, 6.07) is 10.1. The fourth-order valence-corrected chi connectivity index (χ4v) is 1.96. The first kappa shape index (κ1) is 15.4. The van der Waals surface area contributed by atoms with Crippen LogP contribution in [-0.2, 0) is 25.6 Å². The van der Waals surface area contributed by atoms with E-state index in [-0.39, 0.29) is 0 Å². The molecule has 1 aliphatic rings. The zero-order chi connectivity index (χ0) is 14.3. The predicted octanol–water partition coefficient (Wildman–Crippen LogP) is 2.62. The van der Waals surface area contributed by atoms with Crippen molar-refractivity contribution in [2.24, 2.45) is 5.92 Å². The van der Waals surface area contributed by atoms with Crippen molar-refractivity contribution in [3.8, 4) is 0 Å². The Labute approximate surface area is 121 Å². The molecular weight excluding hydrogens is 256 g/mol. The molecule has 0 N–H and O–H groups in total. The summed E-state index contributed by atoms with van der Waals surface area (Å²) in [6.07, 6.45) is 0. The minimum atomic E-state index is -0.449. The number of ether oxygens (including phenoxy) is 4. The minimum absolute atomic E-state index is 0.317. The molecule has 1 aliphatic heterocycles. The first-order valence-electron chi connectivity index (χ1n) is 7.13. The molecule has 1 heterocycles. The summed E-state index contributed by atoms with van der Waals surface area (Å²) in [7, 11) is 0. The Bertz CT molecular complexity index is 367. The molecule has 1 saturated heterocycles. The molecule has 0 radical (unpaired) electrons. The summed E-state index contributed by atoms with van der Waals surface area (Å²) in [5, 5.41) is 0. The molecule has 1 aromatic rings. The van der Waals surface area contributed by atoms with Crippen LogP contribution in [0, 0.1) is 5.92 Å². The van der Waals surface area contributed by atoms with Gasteiger partial charge in [0.2, 0.25) is 0 Å². The average molecular weight is 280 g/mol. The van der Waals surface area contributed by atoms with E-state index in [0.717, 1.165) is 0 Å². The third kappa shape index (κ3) is 5.59. The Balaban J connectivity index is 1.48. The van der Waals surface area contributed by atoms with Crippen molar-refractivity contribution in [2.45, 2.75) is 26.2 Å². The van der Waals surface area contributed by atoms with E-state index in [1.54, 1.807) is 0 Å². The lowest BCUT2D eigenvalue weighted by Gasteiger charge is -2.34. The average Bonchev–Trinajstić information content (AvgIpc) is 2.45. The molecule has 0 unspecified atom stereocenters. The van der Waals surface area contributed by atoms with E-state index in [4.69, 9.17) is 18.9 Å². The van der Waals surface area contributed by atoms with E-state index < -0.39 is 5.79 Å². The molecule has 0 aromatic heterocycles. The molecule has 0 atom stereocenters. The highest BCUT2D eigenvalue weighted by molar-refractivity contribution is 5.13. The highest BCUT2D eigenvalue weighted by atomic mass is 16.7. The van der Waals surface area contributed by atoms with Gasteiger partial charge in [0.25, 0.3) is 0 Å². The zero-order valence-corrected chi connectivity index (χ0v) is 12.3. The summed E-state index contributed by atoms with van der Waals surface area (Å²) in [5.41, 5.74) is 1.18. The SMILES string of the molecule is CC1(C)OCC(COCCOCc2ccccc2)CO1. The highest BCUT2D eigenvalue weighted by Gasteiger charge is 2.28. The van der Waals surface area contributed by atoms with Crippen LogP contribution in [0.3, 0.4) is 0 Å². The van der Waals surface area contributed by atoms with Crippen molar-refractivity contribution in [1.29, 1.82) is 0 Å². The van der Waals surface area contributed by atoms with Crippen LogP contribution in [0.5, 0.6) is 0 Å². The van der Waals surface area contributed by atoms with Gasteiger partial charge in [-0.2, -0.15) is 0 Å². The smallest absolute Gasteiger partial charge is 0.162 e. The second-order valence-electron chi connectivity index (χ2n) is 5.50. The van der Waals surface area contributed by atoms with Crippen LogP contribution in [-0.4, -0.2) is 38.8 Å². The van der Waals surface area contributed by atoms with Gasteiger partial charge in [0, 0.05) is 5.92 Å². The Morgan fingerprint density at radius 1 is 1.05 bits per heavy atom. The van der Waals surface area contributed by atoms with E-state index in [0.29, 0.717) is 45.6 Å². The quantitative estimate of drug-likeness (QED) is 0.719. The normalized spacial score (nSPS) is 19.1. The van der Waals surface area contributed by atoms with E-state index in [1.807, 2.05) is 32.0 Å². The molecule has 0 bridgehead atoms. The first-order chi connectivity index (χ1) is 9.66. The van der Waals surface area contributed by atoms with E-state index in [1.165, 1.54) is 5.56 Å². The lowest BCUT2D eigenvalue weighted by atomic mass is 10.1. The van der Waals surface area contributed by atoms with Gasteiger partial charge < -0.3 is 18.9 Å². The van der Waals surface area contributed by atoms with Crippen molar-refractivity contribution in [2.75, 3.05) is 33.0 Å². The zero-order valence-electron chi connectivity index (χ0n) is 12.3. The lowest BCUT2D eigenvalue weighted by molar-refractivity contribution is -0.266. The molecular formula is C16H24O4. The molecule has 20 heavy (non-hydrogen) atoms. The van der Waals surface area contributed by atoms with Crippen LogP contribution in [0.4, 0.5) is 0 Å². The number of benzene rings is 1. The van der Waals surface area contributed by atoms with Gasteiger partial charge in [-0.3, -0.25) is 0 Å². The van der Waals surface area contributed by atoms with E-state index >= 15 is 0 Å². The van der Waals surface area contributed by atoms with Crippen molar-refractivity contribution < 1.29 is 18.9 Å². The third-order valence-electron chi connectivity index (χ3n) is 3.17. The number of hydrogen-bond donors (Lipinski definition) is 0. The lowest BCUT2D eigenvalue weighted by Crippen LogP contribution is -2.40. The maximum Gasteiger partial charge on any atom is 0.162 e. The van der Waals surface area contributed by atoms with Crippen LogP contribution >= 0.6 is 0 Å².